The van der Waals surface area contributed by atoms with Crippen molar-refractivity contribution in [1.29, 1.82) is 0 Å². The van der Waals surface area contributed by atoms with Crippen molar-refractivity contribution in [1.82, 2.24) is 0 Å². The first kappa shape index (κ1) is 16.8. The molecule has 114 valence electrons. The number of hydrogen-bond donors (Lipinski definition) is 0. The molecule has 0 N–H and O–H groups in total. The lowest BCUT2D eigenvalue weighted by atomic mass is 9.86. The van der Waals surface area contributed by atoms with Gasteiger partial charge >= 0.3 is 12.4 Å². The van der Waals surface area contributed by atoms with Gasteiger partial charge < -0.3 is 4.74 Å². The van der Waals surface area contributed by atoms with Gasteiger partial charge in [-0.1, -0.05) is 30.7 Å². The highest BCUT2D eigenvalue weighted by Crippen LogP contribution is 2.53. The molecule has 0 atom stereocenters. The van der Waals surface area contributed by atoms with Crippen molar-refractivity contribution in [2.24, 2.45) is 0 Å². The first-order valence-electron chi connectivity index (χ1n) is 5.79. The fraction of sp³-hybridized carbons (Fsp3) is 0.538. The van der Waals surface area contributed by atoms with E-state index in [0.29, 0.717) is 12.7 Å². The van der Waals surface area contributed by atoms with Crippen LogP contribution in [0.4, 0.5) is 26.3 Å². The Labute approximate surface area is 112 Å². The molecule has 0 saturated heterocycles. The average molecular weight is 300 g/mol. The molecule has 0 heterocycles. The summed E-state index contributed by atoms with van der Waals surface area (Å²) in [4.78, 5) is 0. The van der Waals surface area contributed by atoms with Gasteiger partial charge in [0, 0.05) is 12.7 Å². The van der Waals surface area contributed by atoms with E-state index >= 15 is 0 Å². The van der Waals surface area contributed by atoms with Crippen LogP contribution in [0.1, 0.15) is 23.6 Å². The summed E-state index contributed by atoms with van der Waals surface area (Å²) < 4.78 is 83.0. The Kier molecular flexibility index (Phi) is 4.43. The van der Waals surface area contributed by atoms with Crippen LogP contribution < -0.4 is 0 Å². The van der Waals surface area contributed by atoms with Gasteiger partial charge in [0.1, 0.15) is 0 Å². The maximum atomic E-state index is 13.2. The maximum Gasteiger partial charge on any atom is 0.430 e. The molecule has 0 spiro atoms. The minimum atomic E-state index is -5.61. The third kappa shape index (κ3) is 2.51. The number of benzene rings is 1. The number of alkyl halides is 6. The maximum absolute atomic E-state index is 13.2. The Morgan fingerprint density at radius 3 is 1.85 bits per heavy atom. The molecule has 0 aliphatic heterocycles. The first-order chi connectivity index (χ1) is 9.01. The van der Waals surface area contributed by atoms with Crippen LogP contribution in [0.2, 0.25) is 0 Å². The van der Waals surface area contributed by atoms with Gasteiger partial charge in [0.05, 0.1) is 0 Å². The zero-order chi connectivity index (χ0) is 15.8. The lowest BCUT2D eigenvalue weighted by molar-refractivity contribution is -0.383. The number of methoxy groups -OCH3 is 1. The molecule has 0 aliphatic rings. The fourth-order valence-corrected chi connectivity index (χ4v) is 2.13. The number of rotatable bonds is 3. The summed E-state index contributed by atoms with van der Waals surface area (Å²) >= 11 is 0. The Hall–Kier alpha value is -1.24. The van der Waals surface area contributed by atoms with E-state index in [1.165, 1.54) is 26.0 Å². The van der Waals surface area contributed by atoms with E-state index in [-0.39, 0.29) is 12.0 Å². The molecule has 1 nitrogen and oxygen atoms in total. The highest BCUT2D eigenvalue weighted by atomic mass is 19.4. The largest absolute Gasteiger partial charge is 0.430 e. The number of halogens is 6. The van der Waals surface area contributed by atoms with Crippen molar-refractivity contribution in [2.75, 3.05) is 7.11 Å². The second kappa shape index (κ2) is 5.27. The molecule has 0 fully saturated rings. The van der Waals surface area contributed by atoms with Crippen LogP contribution in [0.25, 0.3) is 0 Å². The summed E-state index contributed by atoms with van der Waals surface area (Å²) in [5, 5.41) is 0. The molecule has 0 radical (unpaired) electrons. The van der Waals surface area contributed by atoms with Gasteiger partial charge in [-0.2, -0.15) is 26.3 Å². The van der Waals surface area contributed by atoms with Crippen molar-refractivity contribution in [3.8, 4) is 0 Å². The van der Waals surface area contributed by atoms with Crippen LogP contribution in [-0.4, -0.2) is 19.5 Å². The Balaban J connectivity index is 3.75. The van der Waals surface area contributed by atoms with E-state index in [1.807, 2.05) is 0 Å². The van der Waals surface area contributed by atoms with Crippen LogP contribution in [-0.2, 0) is 16.8 Å². The highest BCUT2D eigenvalue weighted by molar-refractivity contribution is 5.38. The van der Waals surface area contributed by atoms with E-state index in [2.05, 4.69) is 4.74 Å². The fourth-order valence-electron chi connectivity index (χ4n) is 2.13. The Morgan fingerprint density at radius 2 is 1.50 bits per heavy atom. The van der Waals surface area contributed by atoms with E-state index in [4.69, 9.17) is 0 Å². The third-order valence-electron chi connectivity index (χ3n) is 3.13. The second-order valence-corrected chi connectivity index (χ2v) is 4.39. The van der Waals surface area contributed by atoms with Gasteiger partial charge in [0.25, 0.3) is 5.60 Å². The lowest BCUT2D eigenvalue weighted by Gasteiger charge is -2.37. The molecule has 0 saturated carbocycles. The standard InChI is InChI=1S/C13H14F6O/c1-4-9-6-5-8(2)7-10(9)11(20-3,12(14,15)16)13(17,18)19/h5-7H,4H2,1-3H3. The quantitative estimate of drug-likeness (QED) is 0.746. The topological polar surface area (TPSA) is 9.23 Å². The van der Waals surface area contributed by atoms with E-state index in [1.54, 1.807) is 0 Å². The lowest BCUT2D eigenvalue weighted by Crippen LogP contribution is -2.55. The number of hydrogen-bond acceptors (Lipinski definition) is 1. The molecule has 0 bridgehead atoms. The smallest absolute Gasteiger partial charge is 0.357 e. The summed E-state index contributed by atoms with van der Waals surface area (Å²) in [6.07, 6.45) is -11.2. The van der Waals surface area contributed by atoms with E-state index < -0.39 is 23.5 Å². The summed E-state index contributed by atoms with van der Waals surface area (Å²) in [5.41, 5.74) is -4.96. The van der Waals surface area contributed by atoms with Gasteiger partial charge in [0.15, 0.2) is 0 Å². The SMILES string of the molecule is CCc1ccc(C)cc1C(OC)(C(F)(F)F)C(F)(F)F. The summed E-state index contributed by atoms with van der Waals surface area (Å²) in [7, 11) is 0.419. The van der Waals surface area contributed by atoms with Crippen LogP contribution in [0.3, 0.4) is 0 Å². The van der Waals surface area contributed by atoms with Crippen LogP contribution >= 0.6 is 0 Å². The molecular weight excluding hydrogens is 286 g/mol. The highest BCUT2D eigenvalue weighted by Gasteiger charge is 2.73. The minimum Gasteiger partial charge on any atom is -0.357 e. The van der Waals surface area contributed by atoms with Crippen molar-refractivity contribution < 1.29 is 31.1 Å². The molecule has 1 aromatic rings. The van der Waals surface area contributed by atoms with E-state index in [0.717, 1.165) is 6.07 Å². The minimum absolute atomic E-state index is 0.0346. The molecule has 0 amide bonds. The zero-order valence-electron chi connectivity index (χ0n) is 11.1. The summed E-state index contributed by atoms with van der Waals surface area (Å²) in [5.74, 6) is 0. The molecule has 1 aromatic carbocycles. The van der Waals surface area contributed by atoms with Crippen LogP contribution in [0.5, 0.6) is 0 Å². The molecule has 0 unspecified atom stereocenters. The molecule has 0 aromatic heterocycles. The molecule has 0 aliphatic carbocycles. The van der Waals surface area contributed by atoms with Gasteiger partial charge in [-0.3, -0.25) is 0 Å². The third-order valence-corrected chi connectivity index (χ3v) is 3.13. The number of ether oxygens (including phenoxy) is 1. The second-order valence-electron chi connectivity index (χ2n) is 4.39. The zero-order valence-corrected chi connectivity index (χ0v) is 11.1. The Bertz CT molecular complexity index is 461. The normalized spacial score (nSPS) is 13.7. The molecule has 7 heteroatoms. The predicted molar refractivity (Wildman–Crippen MR) is 61.4 cm³/mol. The van der Waals surface area contributed by atoms with Crippen molar-refractivity contribution in [3.05, 3.63) is 34.9 Å². The average Bonchev–Trinajstić information content (AvgIpc) is 2.27. The van der Waals surface area contributed by atoms with E-state index in [9.17, 15) is 26.3 Å². The Morgan fingerprint density at radius 1 is 1.00 bits per heavy atom. The summed E-state index contributed by atoms with van der Waals surface area (Å²) in [6, 6.07) is 3.61. The summed E-state index contributed by atoms with van der Waals surface area (Å²) in [6.45, 7) is 2.91. The van der Waals surface area contributed by atoms with Gasteiger partial charge in [-0.25, -0.2) is 0 Å². The van der Waals surface area contributed by atoms with Gasteiger partial charge in [0.2, 0.25) is 0 Å². The van der Waals surface area contributed by atoms with Crippen LogP contribution in [0.15, 0.2) is 18.2 Å². The van der Waals surface area contributed by atoms with Gasteiger partial charge in [-0.05, 0) is 18.9 Å². The van der Waals surface area contributed by atoms with Gasteiger partial charge in [-0.15, -0.1) is 0 Å². The first-order valence-corrected chi connectivity index (χ1v) is 5.79. The molecular formula is C13H14F6O. The molecule has 20 heavy (non-hydrogen) atoms. The van der Waals surface area contributed by atoms with Crippen LogP contribution in [0, 0.1) is 6.92 Å². The van der Waals surface area contributed by atoms with Crippen molar-refractivity contribution in [2.45, 2.75) is 38.2 Å². The number of aryl methyl sites for hydroxylation is 2. The monoisotopic (exact) mass is 300 g/mol. The molecule has 1 rings (SSSR count). The van der Waals surface area contributed by atoms with Crippen molar-refractivity contribution in [3.63, 3.8) is 0 Å². The predicted octanol–water partition coefficient (Wildman–Crippen LogP) is 4.52. The van der Waals surface area contributed by atoms with Crippen molar-refractivity contribution >= 4 is 0 Å².